The molecule has 0 aromatic heterocycles. The third kappa shape index (κ3) is 3.65. The minimum Gasteiger partial charge on any atom is -0.598 e. The zero-order chi connectivity index (χ0) is 19.0. The topological polar surface area (TPSA) is 64.6 Å². The van der Waals surface area contributed by atoms with Gasteiger partial charge in [0.25, 0.3) is 5.91 Å². The Balaban J connectivity index is 1.69. The largest absolute Gasteiger partial charge is 0.598 e. The lowest BCUT2D eigenvalue weighted by atomic mass is 9.67. The normalized spacial score (nSPS) is 26.9. The Hall–Kier alpha value is -1.08. The van der Waals surface area contributed by atoms with Crippen LogP contribution in [0.1, 0.15) is 50.9 Å². The van der Waals surface area contributed by atoms with Crippen LogP contribution in [0.3, 0.4) is 0 Å². The Morgan fingerprint density at radius 2 is 1.81 bits per heavy atom. The van der Waals surface area contributed by atoms with Crippen molar-refractivity contribution in [3.05, 3.63) is 35.9 Å². The van der Waals surface area contributed by atoms with E-state index < -0.39 is 11.4 Å². The van der Waals surface area contributed by atoms with Crippen LogP contribution in [0, 0.1) is 5.41 Å². The van der Waals surface area contributed by atoms with Gasteiger partial charge < -0.3 is 14.2 Å². The Labute approximate surface area is 159 Å². The maximum atomic E-state index is 12.7. The van der Waals surface area contributed by atoms with Crippen LogP contribution in [0.2, 0.25) is 0 Å². The van der Waals surface area contributed by atoms with Crippen molar-refractivity contribution in [2.45, 2.75) is 50.8 Å². The lowest BCUT2D eigenvalue weighted by molar-refractivity contribution is 0.0401. The van der Waals surface area contributed by atoms with Crippen LogP contribution in [0.4, 0.5) is 0 Å². The van der Waals surface area contributed by atoms with E-state index in [9.17, 15) is 9.35 Å². The van der Waals surface area contributed by atoms with Crippen molar-refractivity contribution in [1.82, 2.24) is 9.62 Å². The number of nitrogens with zero attached hydrogens (tertiary/aromatic N) is 1. The predicted octanol–water partition coefficient (Wildman–Crippen LogP) is 2.75. The van der Waals surface area contributed by atoms with Crippen molar-refractivity contribution in [2.75, 3.05) is 26.3 Å². The molecule has 2 atom stereocenters. The van der Waals surface area contributed by atoms with Crippen LogP contribution < -0.4 is 4.72 Å². The van der Waals surface area contributed by atoms with Crippen molar-refractivity contribution in [1.29, 1.82) is 0 Å². The first-order chi connectivity index (χ1) is 12.2. The molecule has 1 N–H and O–H groups in total. The van der Waals surface area contributed by atoms with Gasteiger partial charge in [-0.2, -0.15) is 0 Å². The third-order valence-corrected chi connectivity index (χ3v) is 7.59. The average Bonchev–Trinajstić information content (AvgIpc) is 2.91. The molecule has 26 heavy (non-hydrogen) atoms. The second kappa shape index (κ2) is 7.15. The fraction of sp³-hybridized carbons (Fsp3) is 0.650. The molecule has 2 heterocycles. The Kier molecular flexibility index (Phi) is 5.41. The summed E-state index contributed by atoms with van der Waals surface area (Å²) < 4.78 is 21.6. The fourth-order valence-electron chi connectivity index (χ4n) is 3.86. The lowest BCUT2D eigenvalue weighted by Gasteiger charge is -2.47. The lowest BCUT2D eigenvalue weighted by Crippen LogP contribution is -2.63. The Morgan fingerprint density at radius 3 is 2.38 bits per heavy atom. The van der Waals surface area contributed by atoms with Crippen LogP contribution >= 0.6 is 0 Å². The molecule has 2 aliphatic heterocycles. The monoisotopic (exact) mass is 378 g/mol. The van der Waals surface area contributed by atoms with E-state index in [-0.39, 0.29) is 21.6 Å². The SMILES string of the molecule is CC(C)(C)[S@@+]([O-])N[C@@]1(C)COCC12CCN(C(=O)c1ccccc1)CC2. The molecular weight excluding hydrogens is 348 g/mol. The van der Waals surface area contributed by atoms with E-state index in [2.05, 4.69) is 11.6 Å². The molecule has 5 nitrogen and oxygen atoms in total. The Bertz CT molecular complexity index is 638. The zero-order valence-electron chi connectivity index (χ0n) is 16.2. The molecule has 0 saturated carbocycles. The van der Waals surface area contributed by atoms with Gasteiger partial charge in [0.1, 0.15) is 4.75 Å². The first kappa shape index (κ1) is 19.7. The summed E-state index contributed by atoms with van der Waals surface area (Å²) in [5, 5.41) is 0. The van der Waals surface area contributed by atoms with Gasteiger partial charge in [-0.1, -0.05) is 18.2 Å². The van der Waals surface area contributed by atoms with Crippen molar-refractivity contribution in [3.8, 4) is 0 Å². The van der Waals surface area contributed by atoms with Gasteiger partial charge in [-0.15, -0.1) is 4.72 Å². The van der Waals surface area contributed by atoms with Crippen LogP contribution in [0.15, 0.2) is 30.3 Å². The van der Waals surface area contributed by atoms with Crippen LogP contribution in [-0.4, -0.2) is 51.9 Å². The van der Waals surface area contributed by atoms with Crippen LogP contribution in [-0.2, 0) is 16.1 Å². The molecule has 0 radical (unpaired) electrons. The molecule has 144 valence electrons. The van der Waals surface area contributed by atoms with Gasteiger partial charge in [0.2, 0.25) is 0 Å². The summed E-state index contributed by atoms with van der Waals surface area (Å²) in [5.41, 5.74) is 0.315. The molecule has 0 aliphatic carbocycles. The van der Waals surface area contributed by atoms with Gasteiger partial charge in [0.15, 0.2) is 0 Å². The number of rotatable bonds is 3. The number of benzene rings is 1. The van der Waals surface area contributed by atoms with Gasteiger partial charge >= 0.3 is 0 Å². The molecular formula is C20H30N2O3S. The number of carbonyl (C=O) groups is 1. The van der Waals surface area contributed by atoms with E-state index in [4.69, 9.17) is 4.74 Å². The van der Waals surface area contributed by atoms with Gasteiger partial charge in [-0.05, 0) is 52.7 Å². The van der Waals surface area contributed by atoms with Crippen LogP contribution in [0.5, 0.6) is 0 Å². The Morgan fingerprint density at radius 1 is 1.19 bits per heavy atom. The predicted molar refractivity (Wildman–Crippen MR) is 104 cm³/mol. The highest BCUT2D eigenvalue weighted by molar-refractivity contribution is 7.90. The summed E-state index contributed by atoms with van der Waals surface area (Å²) in [6.45, 7) is 10.7. The molecule has 0 bridgehead atoms. The van der Waals surface area contributed by atoms with Crippen molar-refractivity contribution in [3.63, 3.8) is 0 Å². The summed E-state index contributed by atoms with van der Waals surface area (Å²) in [6.07, 6.45) is 1.72. The summed E-state index contributed by atoms with van der Waals surface area (Å²) >= 11 is -1.15. The van der Waals surface area contributed by atoms with E-state index in [0.29, 0.717) is 26.3 Å². The van der Waals surface area contributed by atoms with E-state index >= 15 is 0 Å². The highest BCUT2D eigenvalue weighted by Crippen LogP contribution is 2.47. The quantitative estimate of drug-likeness (QED) is 0.822. The summed E-state index contributed by atoms with van der Waals surface area (Å²) in [7, 11) is 0. The highest BCUT2D eigenvalue weighted by atomic mass is 32.2. The summed E-state index contributed by atoms with van der Waals surface area (Å²) in [5.74, 6) is 0.0901. The fourth-order valence-corrected chi connectivity index (χ4v) is 4.85. The molecule has 2 fully saturated rings. The number of ether oxygens (including phenoxy) is 1. The molecule has 0 unspecified atom stereocenters. The molecule has 1 spiro atoms. The van der Waals surface area contributed by atoms with Crippen molar-refractivity contribution in [2.24, 2.45) is 5.41 Å². The minimum atomic E-state index is -1.15. The zero-order valence-corrected chi connectivity index (χ0v) is 17.0. The second-order valence-corrected chi connectivity index (χ2v) is 10.7. The van der Waals surface area contributed by atoms with E-state index in [1.54, 1.807) is 0 Å². The first-order valence-electron chi connectivity index (χ1n) is 9.29. The molecule has 2 saturated heterocycles. The van der Waals surface area contributed by atoms with E-state index in [0.717, 1.165) is 18.4 Å². The number of hydrogen-bond donors (Lipinski definition) is 1. The van der Waals surface area contributed by atoms with Gasteiger partial charge in [-0.3, -0.25) is 4.79 Å². The van der Waals surface area contributed by atoms with Gasteiger partial charge in [-0.25, -0.2) is 0 Å². The average molecular weight is 379 g/mol. The third-order valence-electron chi connectivity index (χ3n) is 5.84. The summed E-state index contributed by atoms with van der Waals surface area (Å²) in [6, 6.07) is 9.44. The minimum absolute atomic E-state index is 0.0820. The number of carbonyl (C=O) groups excluding carboxylic acids is 1. The number of amides is 1. The van der Waals surface area contributed by atoms with Gasteiger partial charge in [0, 0.05) is 35.4 Å². The molecule has 1 aromatic carbocycles. The molecule has 1 amide bonds. The number of piperidine rings is 1. The molecule has 6 heteroatoms. The van der Waals surface area contributed by atoms with Gasteiger partial charge in [0.05, 0.1) is 18.8 Å². The number of likely N-dealkylation sites (tertiary alicyclic amines) is 1. The second-order valence-electron chi connectivity index (χ2n) is 8.75. The van der Waals surface area contributed by atoms with E-state index in [1.807, 2.05) is 56.0 Å². The maximum Gasteiger partial charge on any atom is 0.253 e. The summed E-state index contributed by atoms with van der Waals surface area (Å²) in [4.78, 5) is 14.6. The number of hydrogen-bond acceptors (Lipinski definition) is 4. The molecule has 1 aromatic rings. The highest BCUT2D eigenvalue weighted by Gasteiger charge is 2.57. The van der Waals surface area contributed by atoms with E-state index in [1.165, 1.54) is 0 Å². The first-order valence-corrected chi connectivity index (χ1v) is 10.4. The number of nitrogens with one attached hydrogen (secondary N) is 1. The molecule has 3 rings (SSSR count). The smallest absolute Gasteiger partial charge is 0.253 e. The van der Waals surface area contributed by atoms with Crippen molar-refractivity contribution < 1.29 is 14.1 Å². The molecule has 2 aliphatic rings. The maximum absolute atomic E-state index is 12.7. The van der Waals surface area contributed by atoms with Crippen LogP contribution in [0.25, 0.3) is 0 Å². The van der Waals surface area contributed by atoms with Crippen molar-refractivity contribution >= 4 is 17.3 Å². The standard InChI is InChI=1S/C20H30N2O3S/c1-18(2,3)26(24)21-19(4)14-25-15-20(19)10-12-22(13-11-20)17(23)16-8-6-5-7-9-16/h5-9,21H,10-15H2,1-4H3/t19-,26+/m0/s1.